The van der Waals surface area contributed by atoms with E-state index in [4.69, 9.17) is 0 Å². The van der Waals surface area contributed by atoms with Gasteiger partial charge in [-0.2, -0.15) is 0 Å². The third-order valence-corrected chi connectivity index (χ3v) is 0. The molecule has 0 atom stereocenters. The van der Waals surface area contributed by atoms with Crippen molar-refractivity contribution in [3.63, 3.8) is 0 Å². The summed E-state index contributed by atoms with van der Waals surface area (Å²) in [6.45, 7) is 0. The summed E-state index contributed by atoms with van der Waals surface area (Å²) < 4.78 is 0. The van der Waals surface area contributed by atoms with Crippen LogP contribution in [0.2, 0.25) is 0 Å². The van der Waals surface area contributed by atoms with Crippen LogP contribution in [0, 0.1) is 0 Å². The van der Waals surface area contributed by atoms with E-state index in [0.29, 0.717) is 0 Å². The van der Waals surface area contributed by atoms with E-state index in [9.17, 15) is 0 Å². The molecule has 0 saturated carbocycles. The van der Waals surface area contributed by atoms with Gasteiger partial charge >= 0.3 is 23.9 Å². The first-order valence-electron chi connectivity index (χ1n) is 0. The summed E-state index contributed by atoms with van der Waals surface area (Å²) in [4.78, 5) is 0. The second kappa shape index (κ2) is 649. The molecule has 0 amide bonds. The summed E-state index contributed by atoms with van der Waals surface area (Å²) >= 11 is 0. The van der Waals surface area contributed by atoms with Crippen molar-refractivity contribution in [2.75, 3.05) is 0 Å². The number of rotatable bonds is 0. The Morgan fingerprint density at radius 2 is 0.286 bits per heavy atom. The predicted octanol–water partition coefficient (Wildman–Crippen LogP) is -1.44. The molecule has 0 aliphatic heterocycles. The maximum absolute atomic E-state index is 0. The quantitative estimate of drug-likeness (QED) is 0.451. The molecule has 0 aromatic rings. The van der Waals surface area contributed by atoms with E-state index in [-0.39, 0.29) is 56.8 Å². The second-order valence-electron chi connectivity index (χ2n) is 0. The average molecular weight is 221 g/mol. The van der Waals surface area contributed by atoms with E-state index in [1.54, 1.807) is 0 Å². The van der Waals surface area contributed by atoms with Crippen LogP contribution in [0.3, 0.4) is 0 Å². The van der Waals surface area contributed by atoms with Crippen LogP contribution in [0.5, 0.6) is 0 Å². The maximum atomic E-state index is 0. The fourth-order valence-corrected chi connectivity index (χ4v) is 0. The average Bonchev–Trinajstić information content (AvgIpc) is 0. The van der Waals surface area contributed by atoms with Crippen LogP contribution in [-0.2, 0) is 0 Å². The van der Waals surface area contributed by atoms with Gasteiger partial charge in [-0.15, -0.1) is 0 Å². The van der Waals surface area contributed by atoms with Gasteiger partial charge in [0.15, 0.2) is 0 Å². The minimum absolute atomic E-state index is 0. The van der Waals surface area contributed by atoms with Crippen LogP contribution >= 0.6 is 0 Å². The van der Waals surface area contributed by atoms with Gasteiger partial charge in [0.05, 0.1) is 0 Å². The Morgan fingerprint density at radius 3 is 0.286 bits per heavy atom. The molecule has 6 nitrogen and oxygen atoms in total. The molecule has 0 rings (SSSR count). The zero-order valence-corrected chi connectivity index (χ0v) is 6.04. The van der Waals surface area contributed by atoms with Gasteiger partial charge in [0.2, 0.25) is 0 Å². The van der Waals surface area contributed by atoms with Crippen molar-refractivity contribution in [2.45, 2.75) is 0 Å². The predicted molar refractivity (Wildman–Crippen MR) is 17.4 cm³/mol. The topological polar surface area (TPSA) is 180 Å². The van der Waals surface area contributed by atoms with Crippen LogP contribution in [0.1, 0.15) is 0 Å². The van der Waals surface area contributed by atoms with Gasteiger partial charge in [0, 0.05) is 0 Å². The Hall–Kier alpha value is 0.559. The summed E-state index contributed by atoms with van der Waals surface area (Å²) in [5.74, 6) is 0. The third-order valence-electron chi connectivity index (χ3n) is 0. The third kappa shape index (κ3) is 437. The molecular weight excluding hydrogens is 215 g/mol. The summed E-state index contributed by atoms with van der Waals surface area (Å²) in [7, 11) is 0. The number of hydrogen-bond acceptors (Lipinski definition) is 6. The fraction of sp³-hybridized carbons (Fsp3) is 0. The smallest absolute Gasteiger partial charge is 0.870 e. The molecule has 0 unspecified atom stereocenters. The Kier molecular flexibility index (Phi) is 96600. The Balaban J connectivity index is 0. The summed E-state index contributed by atoms with van der Waals surface area (Å²) in [6.07, 6.45) is 0. The van der Waals surface area contributed by atoms with Gasteiger partial charge in [0.25, 0.3) is 0 Å². The van der Waals surface area contributed by atoms with Gasteiger partial charge in [-0.1, -0.05) is 0 Å². The minimum atomic E-state index is 0. The van der Waals surface area contributed by atoms with Crippen LogP contribution in [0.25, 0.3) is 0 Å². The normalized spacial score (nSPS) is 0. The van der Waals surface area contributed by atoms with Crippen molar-refractivity contribution in [2.24, 2.45) is 0 Å². The van der Waals surface area contributed by atoms with Crippen molar-refractivity contribution >= 4 is 23.9 Å². The molecular formula is H6O6Sn-2. The van der Waals surface area contributed by atoms with Gasteiger partial charge in [-0.05, 0) is 0 Å². The van der Waals surface area contributed by atoms with E-state index in [2.05, 4.69) is 0 Å². The SMILES string of the molecule is [OH-].[OH-].[OH-].[OH-].[OH-].[OH-].[Sn+4]. The van der Waals surface area contributed by atoms with Crippen LogP contribution < -0.4 is 0 Å². The first-order valence-corrected chi connectivity index (χ1v) is 0. The molecule has 0 radical (unpaired) electrons. The molecule has 0 spiro atoms. The summed E-state index contributed by atoms with van der Waals surface area (Å²) in [6, 6.07) is 0. The molecule has 0 saturated heterocycles. The molecule has 0 heterocycles. The molecule has 7 heteroatoms. The van der Waals surface area contributed by atoms with E-state index in [1.165, 1.54) is 0 Å². The zero-order valence-electron chi connectivity index (χ0n) is 3.18. The molecule has 0 aliphatic carbocycles. The Bertz CT molecular complexity index is 4.14. The Labute approximate surface area is 57.3 Å². The van der Waals surface area contributed by atoms with E-state index >= 15 is 0 Å². The molecule has 0 bridgehead atoms. The minimum Gasteiger partial charge on any atom is -0.870 e. The van der Waals surface area contributed by atoms with Crippen LogP contribution in [0.15, 0.2) is 0 Å². The van der Waals surface area contributed by atoms with Crippen molar-refractivity contribution in [1.82, 2.24) is 0 Å². The van der Waals surface area contributed by atoms with Crippen LogP contribution in [-0.4, -0.2) is 56.8 Å². The maximum Gasteiger partial charge on any atom is 4.00 e. The van der Waals surface area contributed by atoms with Gasteiger partial charge in [0.1, 0.15) is 0 Å². The zero-order chi connectivity index (χ0) is 0. The molecule has 0 fully saturated rings. The Morgan fingerprint density at radius 1 is 0.286 bits per heavy atom. The van der Waals surface area contributed by atoms with Crippen molar-refractivity contribution in [3.8, 4) is 0 Å². The molecule has 7 heavy (non-hydrogen) atoms. The second-order valence-corrected chi connectivity index (χ2v) is 0. The van der Waals surface area contributed by atoms with Crippen molar-refractivity contribution in [3.05, 3.63) is 0 Å². The van der Waals surface area contributed by atoms with E-state index in [0.717, 1.165) is 0 Å². The van der Waals surface area contributed by atoms with Gasteiger partial charge in [-0.3, -0.25) is 0 Å². The fourth-order valence-electron chi connectivity index (χ4n) is 0. The van der Waals surface area contributed by atoms with Crippen LogP contribution in [0.4, 0.5) is 0 Å². The van der Waals surface area contributed by atoms with Crippen molar-refractivity contribution in [1.29, 1.82) is 0 Å². The van der Waals surface area contributed by atoms with Gasteiger partial charge < -0.3 is 32.9 Å². The van der Waals surface area contributed by atoms with Crippen molar-refractivity contribution < 1.29 is 32.9 Å². The summed E-state index contributed by atoms with van der Waals surface area (Å²) in [5.41, 5.74) is 0. The first-order chi connectivity index (χ1) is 0. The molecule has 0 aromatic heterocycles. The molecule has 6 N–H and O–H groups in total. The molecule has 0 aromatic carbocycles. The van der Waals surface area contributed by atoms with Gasteiger partial charge in [-0.25, -0.2) is 0 Å². The monoisotopic (exact) mass is 222 g/mol. The van der Waals surface area contributed by atoms with E-state index < -0.39 is 0 Å². The largest absolute Gasteiger partial charge is 4.00 e. The molecule has 48 valence electrons. The summed E-state index contributed by atoms with van der Waals surface area (Å²) in [5, 5.41) is 0. The first kappa shape index (κ1) is 1040. The van der Waals surface area contributed by atoms with E-state index in [1.807, 2.05) is 0 Å². The standard InChI is InChI=1S/6H2O.Sn/h6*1H2;/q;;;;;;+4/p-6. The molecule has 0 aliphatic rings. The number of hydrogen-bond donors (Lipinski definition) is 0.